The van der Waals surface area contributed by atoms with Crippen LogP contribution < -0.4 is 10.2 Å². The summed E-state index contributed by atoms with van der Waals surface area (Å²) in [5, 5.41) is 2.98. The molecule has 0 saturated carbocycles. The highest BCUT2D eigenvalue weighted by Crippen LogP contribution is 2.28. The molecule has 5 heteroatoms. The standard InChI is InChI=1S/C21H24N2O2S/c1-15-3-5-17(6-4-15)14-26-12-10-22-21(25)19-7-8-20-18(13-19)9-11-23(20)16(2)24/h3-8,13H,9-12,14H2,1-2H3,(H,22,25). The van der Waals surface area contributed by atoms with Gasteiger partial charge >= 0.3 is 0 Å². The maximum atomic E-state index is 12.3. The lowest BCUT2D eigenvalue weighted by Crippen LogP contribution is -2.26. The first-order valence-corrected chi connectivity index (χ1v) is 10.0. The van der Waals surface area contributed by atoms with Gasteiger partial charge in [-0.3, -0.25) is 9.59 Å². The smallest absolute Gasteiger partial charge is 0.251 e. The number of amides is 2. The predicted molar refractivity (Wildman–Crippen MR) is 108 cm³/mol. The van der Waals surface area contributed by atoms with Crippen LogP contribution in [0.15, 0.2) is 42.5 Å². The van der Waals surface area contributed by atoms with Gasteiger partial charge in [0.1, 0.15) is 0 Å². The zero-order chi connectivity index (χ0) is 18.5. The topological polar surface area (TPSA) is 49.4 Å². The Balaban J connectivity index is 1.45. The van der Waals surface area contributed by atoms with Crippen LogP contribution in [0.4, 0.5) is 5.69 Å². The summed E-state index contributed by atoms with van der Waals surface area (Å²) in [5.41, 5.74) is 5.24. The van der Waals surface area contributed by atoms with Gasteiger partial charge in [0.2, 0.25) is 5.91 Å². The van der Waals surface area contributed by atoms with Crippen LogP contribution in [0.2, 0.25) is 0 Å². The molecule has 0 unspecified atom stereocenters. The summed E-state index contributed by atoms with van der Waals surface area (Å²) in [6.45, 7) is 5.00. The lowest BCUT2D eigenvalue weighted by molar-refractivity contribution is -0.116. The summed E-state index contributed by atoms with van der Waals surface area (Å²) >= 11 is 1.81. The molecule has 2 aromatic rings. The summed E-state index contributed by atoms with van der Waals surface area (Å²) in [7, 11) is 0. The van der Waals surface area contributed by atoms with Crippen molar-refractivity contribution in [2.75, 3.05) is 23.7 Å². The summed E-state index contributed by atoms with van der Waals surface area (Å²) in [5.74, 6) is 1.83. The fourth-order valence-corrected chi connectivity index (χ4v) is 3.90. The number of aryl methyl sites for hydroxylation is 1. The molecule has 1 aliphatic heterocycles. The lowest BCUT2D eigenvalue weighted by atomic mass is 10.1. The molecule has 2 amide bonds. The Kier molecular flexibility index (Phi) is 5.99. The van der Waals surface area contributed by atoms with E-state index in [-0.39, 0.29) is 11.8 Å². The van der Waals surface area contributed by atoms with E-state index in [0.717, 1.165) is 29.2 Å². The Morgan fingerprint density at radius 1 is 1.15 bits per heavy atom. The van der Waals surface area contributed by atoms with E-state index in [1.54, 1.807) is 17.9 Å². The van der Waals surface area contributed by atoms with Gasteiger partial charge in [-0.15, -0.1) is 0 Å². The van der Waals surface area contributed by atoms with E-state index in [0.29, 0.717) is 18.7 Å². The number of hydrogen-bond donors (Lipinski definition) is 1. The molecular formula is C21H24N2O2S. The molecule has 0 radical (unpaired) electrons. The lowest BCUT2D eigenvalue weighted by Gasteiger charge is -2.14. The van der Waals surface area contributed by atoms with E-state index in [1.807, 2.05) is 23.9 Å². The van der Waals surface area contributed by atoms with Crippen molar-refractivity contribution in [3.8, 4) is 0 Å². The zero-order valence-corrected chi connectivity index (χ0v) is 16.1. The highest BCUT2D eigenvalue weighted by Gasteiger charge is 2.22. The molecule has 3 rings (SSSR count). The first-order valence-electron chi connectivity index (χ1n) is 8.87. The summed E-state index contributed by atoms with van der Waals surface area (Å²) in [6, 6.07) is 14.1. The second-order valence-corrected chi connectivity index (χ2v) is 7.66. The van der Waals surface area contributed by atoms with Gasteiger partial charge in [0.15, 0.2) is 0 Å². The number of hydrogen-bond acceptors (Lipinski definition) is 3. The Hall–Kier alpha value is -2.27. The number of carbonyl (C=O) groups is 2. The normalized spacial score (nSPS) is 12.8. The molecule has 1 aliphatic rings. The van der Waals surface area contributed by atoms with Crippen molar-refractivity contribution in [3.05, 3.63) is 64.7 Å². The predicted octanol–water partition coefficient (Wildman–Crippen LogP) is 3.57. The van der Waals surface area contributed by atoms with Crippen molar-refractivity contribution in [1.29, 1.82) is 0 Å². The number of anilines is 1. The van der Waals surface area contributed by atoms with Crippen LogP contribution in [0.1, 0.15) is 34.0 Å². The van der Waals surface area contributed by atoms with Gasteiger partial charge in [0.25, 0.3) is 5.91 Å². The SMILES string of the molecule is CC(=O)N1CCc2cc(C(=O)NCCSCc3ccc(C)cc3)ccc21. The fraction of sp³-hybridized carbons (Fsp3) is 0.333. The maximum absolute atomic E-state index is 12.3. The number of nitrogens with one attached hydrogen (secondary N) is 1. The van der Waals surface area contributed by atoms with E-state index in [9.17, 15) is 9.59 Å². The van der Waals surface area contributed by atoms with Crippen LogP contribution in [-0.2, 0) is 17.0 Å². The minimum Gasteiger partial charge on any atom is -0.351 e. The first kappa shape index (κ1) is 18.5. The Bertz CT molecular complexity index is 802. The van der Waals surface area contributed by atoms with Crippen LogP contribution in [0.25, 0.3) is 0 Å². The van der Waals surface area contributed by atoms with E-state index in [4.69, 9.17) is 0 Å². The zero-order valence-electron chi connectivity index (χ0n) is 15.2. The number of nitrogens with zero attached hydrogens (tertiary/aromatic N) is 1. The highest BCUT2D eigenvalue weighted by atomic mass is 32.2. The second kappa shape index (κ2) is 8.41. The number of fused-ring (bicyclic) bond motifs is 1. The molecule has 0 saturated heterocycles. The summed E-state index contributed by atoms with van der Waals surface area (Å²) in [6.07, 6.45) is 0.808. The van der Waals surface area contributed by atoms with E-state index in [1.165, 1.54) is 11.1 Å². The van der Waals surface area contributed by atoms with Crippen LogP contribution in [0, 0.1) is 6.92 Å². The van der Waals surface area contributed by atoms with Gasteiger partial charge in [-0.2, -0.15) is 11.8 Å². The van der Waals surface area contributed by atoms with E-state index >= 15 is 0 Å². The van der Waals surface area contributed by atoms with Gasteiger partial charge in [0.05, 0.1) is 0 Å². The second-order valence-electron chi connectivity index (χ2n) is 6.56. The molecule has 136 valence electrons. The highest BCUT2D eigenvalue weighted by molar-refractivity contribution is 7.98. The molecule has 0 fully saturated rings. The average molecular weight is 369 g/mol. The van der Waals surface area contributed by atoms with Crippen molar-refractivity contribution in [2.45, 2.75) is 26.0 Å². The molecule has 2 aromatic carbocycles. The molecule has 0 atom stereocenters. The molecule has 1 N–H and O–H groups in total. The quantitative estimate of drug-likeness (QED) is 0.793. The minimum atomic E-state index is -0.0509. The van der Waals surface area contributed by atoms with Crippen molar-refractivity contribution >= 4 is 29.3 Å². The van der Waals surface area contributed by atoms with Crippen LogP contribution in [-0.4, -0.2) is 30.7 Å². The molecule has 0 bridgehead atoms. The van der Waals surface area contributed by atoms with Crippen LogP contribution in [0.3, 0.4) is 0 Å². The van der Waals surface area contributed by atoms with Gasteiger partial charge < -0.3 is 10.2 Å². The maximum Gasteiger partial charge on any atom is 0.251 e. The Labute approximate surface area is 159 Å². The first-order chi connectivity index (χ1) is 12.5. The van der Waals surface area contributed by atoms with Crippen molar-refractivity contribution in [2.24, 2.45) is 0 Å². The van der Waals surface area contributed by atoms with Crippen molar-refractivity contribution < 1.29 is 9.59 Å². The molecule has 1 heterocycles. The molecule has 0 spiro atoms. The van der Waals surface area contributed by atoms with Gasteiger partial charge in [-0.25, -0.2) is 0 Å². The van der Waals surface area contributed by atoms with Gasteiger partial charge in [-0.1, -0.05) is 29.8 Å². The van der Waals surface area contributed by atoms with Crippen molar-refractivity contribution in [1.82, 2.24) is 5.32 Å². The van der Waals surface area contributed by atoms with Crippen molar-refractivity contribution in [3.63, 3.8) is 0 Å². The third-order valence-corrected chi connectivity index (χ3v) is 5.57. The molecule has 0 aliphatic carbocycles. The third-order valence-electron chi connectivity index (χ3n) is 4.54. The van der Waals surface area contributed by atoms with Gasteiger partial charge in [0, 0.05) is 42.8 Å². The monoisotopic (exact) mass is 368 g/mol. The third kappa shape index (κ3) is 4.47. The number of carbonyl (C=O) groups excluding carboxylic acids is 2. The largest absolute Gasteiger partial charge is 0.351 e. The number of benzene rings is 2. The van der Waals surface area contributed by atoms with E-state index in [2.05, 4.69) is 36.5 Å². The molecule has 26 heavy (non-hydrogen) atoms. The molecular weight excluding hydrogens is 344 g/mol. The van der Waals surface area contributed by atoms with E-state index < -0.39 is 0 Å². The average Bonchev–Trinajstić information content (AvgIpc) is 3.06. The fourth-order valence-electron chi connectivity index (χ4n) is 3.08. The van der Waals surface area contributed by atoms with Crippen LogP contribution in [0.5, 0.6) is 0 Å². The Morgan fingerprint density at radius 3 is 2.65 bits per heavy atom. The number of rotatable bonds is 6. The summed E-state index contributed by atoms with van der Waals surface area (Å²) in [4.78, 5) is 25.7. The number of thioether (sulfide) groups is 1. The molecule has 0 aromatic heterocycles. The van der Waals surface area contributed by atoms with Crippen LogP contribution >= 0.6 is 11.8 Å². The Morgan fingerprint density at radius 2 is 1.92 bits per heavy atom. The molecule has 4 nitrogen and oxygen atoms in total. The minimum absolute atomic E-state index is 0.0477. The summed E-state index contributed by atoms with van der Waals surface area (Å²) < 4.78 is 0. The van der Waals surface area contributed by atoms with Gasteiger partial charge in [-0.05, 0) is 42.7 Å².